The molecule has 0 aromatic carbocycles. The maximum absolute atomic E-state index is 8.57. The van der Waals surface area contributed by atoms with Crippen LogP contribution in [-0.4, -0.2) is 29.0 Å². The molecule has 0 bridgehead atoms. The summed E-state index contributed by atoms with van der Waals surface area (Å²) in [6.07, 6.45) is 0.589. The Hall–Kier alpha value is -0.590. The molecule has 0 fully saturated rings. The molecular formula is C12H20BrN3OS. The van der Waals surface area contributed by atoms with Crippen LogP contribution in [0.2, 0.25) is 0 Å². The van der Waals surface area contributed by atoms with E-state index in [2.05, 4.69) is 51.3 Å². The molecule has 0 spiro atoms. The molecular weight excluding hydrogens is 314 g/mol. The van der Waals surface area contributed by atoms with E-state index in [0.29, 0.717) is 12.3 Å². The summed E-state index contributed by atoms with van der Waals surface area (Å²) in [5, 5.41) is 13.7. The van der Waals surface area contributed by atoms with Gasteiger partial charge in [-0.25, -0.2) is 0 Å². The number of oxime groups is 1. The minimum atomic E-state index is 0.286. The Balaban J connectivity index is 2.58. The highest BCUT2D eigenvalue weighted by atomic mass is 79.9. The van der Waals surface area contributed by atoms with E-state index in [4.69, 9.17) is 10.9 Å². The van der Waals surface area contributed by atoms with Gasteiger partial charge in [0, 0.05) is 35.4 Å². The fourth-order valence-corrected chi connectivity index (χ4v) is 3.23. The molecule has 0 saturated carbocycles. The molecule has 1 aromatic heterocycles. The van der Waals surface area contributed by atoms with Crippen molar-refractivity contribution in [1.82, 2.24) is 4.90 Å². The van der Waals surface area contributed by atoms with Gasteiger partial charge in [0.15, 0.2) is 0 Å². The first-order valence-electron chi connectivity index (χ1n) is 5.93. The highest BCUT2D eigenvalue weighted by Gasteiger charge is 2.11. The molecule has 0 saturated heterocycles. The Morgan fingerprint density at radius 3 is 2.83 bits per heavy atom. The van der Waals surface area contributed by atoms with Crippen molar-refractivity contribution in [1.29, 1.82) is 0 Å². The summed E-state index contributed by atoms with van der Waals surface area (Å²) < 4.78 is 1.16. The van der Waals surface area contributed by atoms with Gasteiger partial charge < -0.3 is 10.9 Å². The van der Waals surface area contributed by atoms with Gasteiger partial charge in [0.25, 0.3) is 0 Å². The number of thiophene rings is 1. The molecule has 3 N–H and O–H groups in total. The molecule has 4 nitrogen and oxygen atoms in total. The maximum atomic E-state index is 8.57. The van der Waals surface area contributed by atoms with Crippen LogP contribution >= 0.6 is 27.3 Å². The van der Waals surface area contributed by atoms with E-state index >= 15 is 0 Å². The van der Waals surface area contributed by atoms with E-state index in [1.165, 1.54) is 4.88 Å². The van der Waals surface area contributed by atoms with Gasteiger partial charge in [-0.3, -0.25) is 4.90 Å². The monoisotopic (exact) mass is 333 g/mol. The third-order valence-corrected chi connectivity index (χ3v) is 4.41. The van der Waals surface area contributed by atoms with E-state index in [1.54, 1.807) is 11.3 Å². The highest BCUT2D eigenvalue weighted by Crippen LogP contribution is 2.24. The van der Waals surface area contributed by atoms with Crippen LogP contribution in [0.5, 0.6) is 0 Å². The second-order valence-electron chi connectivity index (χ2n) is 4.66. The van der Waals surface area contributed by atoms with Crippen molar-refractivity contribution in [3.63, 3.8) is 0 Å². The summed E-state index contributed by atoms with van der Waals surface area (Å²) in [7, 11) is 0. The third-order valence-electron chi connectivity index (χ3n) is 2.49. The van der Waals surface area contributed by atoms with Gasteiger partial charge in [0.2, 0.25) is 0 Å². The average molecular weight is 334 g/mol. The zero-order valence-electron chi connectivity index (χ0n) is 10.8. The van der Waals surface area contributed by atoms with Crippen LogP contribution in [0.15, 0.2) is 21.1 Å². The average Bonchev–Trinajstić information content (AvgIpc) is 2.71. The van der Waals surface area contributed by atoms with Gasteiger partial charge in [-0.15, -0.1) is 11.3 Å². The minimum Gasteiger partial charge on any atom is -0.409 e. The Bertz CT molecular complexity index is 392. The minimum absolute atomic E-state index is 0.286. The van der Waals surface area contributed by atoms with E-state index in [9.17, 15) is 0 Å². The fourth-order valence-electron chi connectivity index (χ4n) is 1.71. The molecule has 0 aliphatic rings. The molecule has 102 valence electrons. The number of hydrogen-bond acceptors (Lipinski definition) is 4. The number of nitrogens with zero attached hydrogens (tertiary/aromatic N) is 2. The van der Waals surface area contributed by atoms with Gasteiger partial charge in [-0.1, -0.05) is 19.0 Å². The Kier molecular flexibility index (Phi) is 6.67. The van der Waals surface area contributed by atoms with Gasteiger partial charge >= 0.3 is 0 Å². The van der Waals surface area contributed by atoms with Gasteiger partial charge in [-0.05, 0) is 33.3 Å². The summed E-state index contributed by atoms with van der Waals surface area (Å²) in [6, 6.07) is 2.07. The molecule has 0 aliphatic carbocycles. The van der Waals surface area contributed by atoms with Crippen LogP contribution in [-0.2, 0) is 6.54 Å². The van der Waals surface area contributed by atoms with Crippen molar-refractivity contribution < 1.29 is 5.21 Å². The Labute approximate surface area is 121 Å². The maximum Gasteiger partial charge on any atom is 0.140 e. The number of hydrogen-bond donors (Lipinski definition) is 2. The smallest absolute Gasteiger partial charge is 0.140 e. The van der Waals surface area contributed by atoms with E-state index in [-0.39, 0.29) is 5.84 Å². The first-order valence-corrected chi connectivity index (χ1v) is 7.60. The van der Waals surface area contributed by atoms with E-state index < -0.39 is 0 Å². The van der Waals surface area contributed by atoms with Crippen LogP contribution in [0.4, 0.5) is 0 Å². The predicted molar refractivity (Wildman–Crippen MR) is 80.2 cm³/mol. The molecule has 0 amide bonds. The lowest BCUT2D eigenvalue weighted by atomic mass is 10.2. The molecule has 6 heteroatoms. The predicted octanol–water partition coefficient (Wildman–Crippen LogP) is 3.11. The van der Waals surface area contributed by atoms with Crippen molar-refractivity contribution in [2.24, 2.45) is 16.8 Å². The summed E-state index contributed by atoms with van der Waals surface area (Å²) in [5.41, 5.74) is 5.52. The summed E-state index contributed by atoms with van der Waals surface area (Å²) in [5.74, 6) is 0.880. The van der Waals surface area contributed by atoms with Gasteiger partial charge in [0.1, 0.15) is 5.84 Å². The van der Waals surface area contributed by atoms with Crippen molar-refractivity contribution in [2.75, 3.05) is 13.1 Å². The van der Waals surface area contributed by atoms with Gasteiger partial charge in [0.05, 0.1) is 0 Å². The fraction of sp³-hybridized carbons (Fsp3) is 0.583. The van der Waals surface area contributed by atoms with Crippen LogP contribution in [0, 0.1) is 5.92 Å². The zero-order chi connectivity index (χ0) is 13.5. The summed E-state index contributed by atoms with van der Waals surface area (Å²) in [6.45, 7) is 7.09. The number of halogens is 1. The quantitative estimate of drug-likeness (QED) is 0.349. The second kappa shape index (κ2) is 7.76. The Morgan fingerprint density at radius 2 is 2.33 bits per heavy atom. The standard InChI is InChI=1S/C12H20BrN3OS/c1-9(2)7-16(5-3-12(14)15-17)8-11-10(13)4-6-18-11/h4,6,9,17H,3,5,7-8H2,1-2H3,(H2,14,15). The lowest BCUT2D eigenvalue weighted by Gasteiger charge is -2.23. The molecule has 0 radical (unpaired) electrons. The van der Waals surface area contributed by atoms with Crippen molar-refractivity contribution in [2.45, 2.75) is 26.8 Å². The first-order chi connectivity index (χ1) is 8.52. The second-order valence-corrected chi connectivity index (χ2v) is 6.52. The van der Waals surface area contributed by atoms with E-state index in [1.807, 2.05) is 0 Å². The lowest BCUT2D eigenvalue weighted by molar-refractivity contribution is 0.242. The number of amidine groups is 1. The third kappa shape index (κ3) is 5.37. The van der Waals surface area contributed by atoms with Crippen molar-refractivity contribution >= 4 is 33.1 Å². The first kappa shape index (κ1) is 15.5. The molecule has 1 heterocycles. The highest BCUT2D eigenvalue weighted by molar-refractivity contribution is 9.10. The number of rotatable bonds is 7. The van der Waals surface area contributed by atoms with Crippen molar-refractivity contribution in [3.05, 3.63) is 20.8 Å². The molecule has 0 aliphatic heterocycles. The molecule has 0 unspecified atom stereocenters. The Morgan fingerprint density at radius 1 is 1.61 bits per heavy atom. The van der Waals surface area contributed by atoms with Crippen LogP contribution < -0.4 is 5.73 Å². The SMILES string of the molecule is CC(C)CN(CCC(N)=NO)Cc1sccc1Br. The van der Waals surface area contributed by atoms with Crippen LogP contribution in [0.1, 0.15) is 25.1 Å². The lowest BCUT2D eigenvalue weighted by Crippen LogP contribution is -2.31. The molecule has 18 heavy (non-hydrogen) atoms. The van der Waals surface area contributed by atoms with E-state index in [0.717, 1.165) is 24.1 Å². The summed E-state index contributed by atoms with van der Waals surface area (Å²) in [4.78, 5) is 3.65. The van der Waals surface area contributed by atoms with Crippen molar-refractivity contribution in [3.8, 4) is 0 Å². The van der Waals surface area contributed by atoms with Crippen LogP contribution in [0.3, 0.4) is 0 Å². The van der Waals surface area contributed by atoms with Gasteiger partial charge in [-0.2, -0.15) is 0 Å². The molecule has 0 atom stereocenters. The largest absolute Gasteiger partial charge is 0.409 e. The zero-order valence-corrected chi connectivity index (χ0v) is 13.2. The van der Waals surface area contributed by atoms with Crippen LogP contribution in [0.25, 0.3) is 0 Å². The summed E-state index contributed by atoms with van der Waals surface area (Å²) >= 11 is 5.30. The number of nitrogens with two attached hydrogens (primary N) is 1. The topological polar surface area (TPSA) is 61.8 Å². The normalized spacial score (nSPS) is 12.6. The molecule has 1 rings (SSSR count). The molecule has 1 aromatic rings.